The molecule has 0 aromatic heterocycles. The van der Waals surface area contributed by atoms with E-state index >= 15 is 0 Å². The molecule has 1 aliphatic heterocycles. The van der Waals surface area contributed by atoms with Crippen LogP contribution >= 0.6 is 23.2 Å². The Balaban J connectivity index is 2.06. The van der Waals surface area contributed by atoms with Gasteiger partial charge < -0.3 is 5.73 Å². The summed E-state index contributed by atoms with van der Waals surface area (Å²) < 4.78 is 0. The number of hydrogen-bond donors (Lipinski definition) is 1. The summed E-state index contributed by atoms with van der Waals surface area (Å²) in [5.74, 6) is 0. The lowest BCUT2D eigenvalue weighted by molar-refractivity contribution is 0.123. The molecule has 19 heavy (non-hydrogen) atoms. The highest BCUT2D eigenvalue weighted by Gasteiger charge is 2.34. The van der Waals surface area contributed by atoms with E-state index in [1.807, 2.05) is 18.2 Å². The van der Waals surface area contributed by atoms with E-state index in [0.29, 0.717) is 10.0 Å². The van der Waals surface area contributed by atoms with Crippen LogP contribution in [0.5, 0.6) is 0 Å². The summed E-state index contributed by atoms with van der Waals surface area (Å²) in [5, 5.41) is 1.20. The minimum Gasteiger partial charge on any atom is -0.326 e. The van der Waals surface area contributed by atoms with E-state index < -0.39 is 0 Å². The van der Waals surface area contributed by atoms with Gasteiger partial charge in [-0.3, -0.25) is 4.90 Å². The van der Waals surface area contributed by atoms with Gasteiger partial charge in [-0.1, -0.05) is 29.3 Å². The molecule has 1 aliphatic rings. The average Bonchev–Trinajstić information content (AvgIpc) is 2.88. The second-order valence-electron chi connectivity index (χ2n) is 5.91. The van der Waals surface area contributed by atoms with Crippen molar-refractivity contribution in [3.63, 3.8) is 0 Å². The lowest BCUT2D eigenvalue weighted by atomic mass is 9.88. The monoisotopic (exact) mass is 300 g/mol. The quantitative estimate of drug-likeness (QED) is 0.918. The first-order valence-corrected chi connectivity index (χ1v) is 7.61. The topological polar surface area (TPSA) is 29.3 Å². The highest BCUT2D eigenvalue weighted by molar-refractivity contribution is 6.42. The second-order valence-corrected chi connectivity index (χ2v) is 6.72. The van der Waals surface area contributed by atoms with Gasteiger partial charge in [0.1, 0.15) is 0 Å². The summed E-state index contributed by atoms with van der Waals surface area (Å²) in [5.41, 5.74) is 7.60. The van der Waals surface area contributed by atoms with Gasteiger partial charge in [-0.15, -0.1) is 0 Å². The standard InChI is InChI=1S/C15H22Cl2N2/c1-15(2,19-7-3-4-8-19)14(18)10-11-5-6-12(16)13(17)9-11/h5-6,9,14H,3-4,7-8,10,18H2,1-2H3. The molecule has 1 heterocycles. The molecule has 0 aliphatic carbocycles. The zero-order valence-electron chi connectivity index (χ0n) is 11.6. The van der Waals surface area contributed by atoms with Crippen molar-refractivity contribution in [2.24, 2.45) is 5.73 Å². The molecule has 0 spiro atoms. The summed E-state index contributed by atoms with van der Waals surface area (Å²) in [6.45, 7) is 6.78. The fraction of sp³-hybridized carbons (Fsp3) is 0.600. The van der Waals surface area contributed by atoms with Crippen LogP contribution in [-0.4, -0.2) is 29.6 Å². The zero-order chi connectivity index (χ0) is 14.0. The van der Waals surface area contributed by atoms with Crippen molar-refractivity contribution in [2.45, 2.75) is 44.7 Å². The molecule has 0 radical (unpaired) electrons. The molecule has 1 fully saturated rings. The van der Waals surface area contributed by atoms with Crippen LogP contribution in [0.2, 0.25) is 10.0 Å². The number of likely N-dealkylation sites (tertiary alicyclic amines) is 1. The summed E-state index contributed by atoms with van der Waals surface area (Å²) in [6.07, 6.45) is 3.38. The Labute approximate surface area is 125 Å². The lowest BCUT2D eigenvalue weighted by Crippen LogP contribution is -2.55. The molecule has 0 amide bonds. The first-order chi connectivity index (χ1) is 8.91. The van der Waals surface area contributed by atoms with Crippen LogP contribution < -0.4 is 5.73 Å². The van der Waals surface area contributed by atoms with Crippen molar-refractivity contribution in [2.75, 3.05) is 13.1 Å². The molecule has 0 saturated carbocycles. The van der Waals surface area contributed by atoms with Gasteiger partial charge in [-0.05, 0) is 63.9 Å². The molecule has 2 N–H and O–H groups in total. The van der Waals surface area contributed by atoms with E-state index in [2.05, 4.69) is 18.7 Å². The lowest BCUT2D eigenvalue weighted by Gasteiger charge is -2.40. The molecule has 2 rings (SSSR count). The largest absolute Gasteiger partial charge is 0.326 e. The van der Waals surface area contributed by atoms with Crippen molar-refractivity contribution in [1.82, 2.24) is 4.90 Å². The van der Waals surface area contributed by atoms with Gasteiger partial charge in [0, 0.05) is 11.6 Å². The summed E-state index contributed by atoms with van der Waals surface area (Å²) in [7, 11) is 0. The molecule has 0 bridgehead atoms. The Hall–Kier alpha value is -0.280. The predicted molar refractivity (Wildman–Crippen MR) is 83.0 cm³/mol. The minimum absolute atomic E-state index is 0.0165. The highest BCUT2D eigenvalue weighted by atomic mass is 35.5. The molecular formula is C15H22Cl2N2. The molecule has 106 valence electrons. The first kappa shape index (κ1) is 15.1. The van der Waals surface area contributed by atoms with Crippen LogP contribution in [0.25, 0.3) is 0 Å². The Kier molecular flexibility index (Phi) is 4.78. The Morgan fingerprint density at radius 1 is 1.21 bits per heavy atom. The SMILES string of the molecule is CC(C)(C(N)Cc1ccc(Cl)c(Cl)c1)N1CCCC1. The smallest absolute Gasteiger partial charge is 0.0595 e. The third kappa shape index (κ3) is 3.43. The molecule has 4 heteroatoms. The number of benzene rings is 1. The van der Waals surface area contributed by atoms with Crippen molar-refractivity contribution in [1.29, 1.82) is 0 Å². The van der Waals surface area contributed by atoms with Gasteiger partial charge in [0.25, 0.3) is 0 Å². The Morgan fingerprint density at radius 3 is 2.42 bits per heavy atom. The summed E-state index contributed by atoms with van der Waals surface area (Å²) in [4.78, 5) is 2.50. The van der Waals surface area contributed by atoms with E-state index in [9.17, 15) is 0 Å². The van der Waals surface area contributed by atoms with Crippen molar-refractivity contribution in [3.05, 3.63) is 33.8 Å². The number of nitrogens with two attached hydrogens (primary N) is 1. The molecule has 1 unspecified atom stereocenters. The van der Waals surface area contributed by atoms with Crippen molar-refractivity contribution >= 4 is 23.2 Å². The normalized spacial score (nSPS) is 18.8. The Bertz CT molecular complexity index is 440. The van der Waals surface area contributed by atoms with Crippen molar-refractivity contribution < 1.29 is 0 Å². The fourth-order valence-corrected chi connectivity index (χ4v) is 3.02. The van der Waals surface area contributed by atoms with Crippen molar-refractivity contribution in [3.8, 4) is 0 Å². The summed E-state index contributed by atoms with van der Waals surface area (Å²) in [6, 6.07) is 5.86. The average molecular weight is 301 g/mol. The van der Waals surface area contributed by atoms with Crippen LogP contribution in [0.15, 0.2) is 18.2 Å². The number of nitrogens with zero attached hydrogens (tertiary/aromatic N) is 1. The van der Waals surface area contributed by atoms with Crippen LogP contribution in [-0.2, 0) is 6.42 Å². The summed E-state index contributed by atoms with van der Waals surface area (Å²) >= 11 is 12.0. The first-order valence-electron chi connectivity index (χ1n) is 6.86. The van der Waals surface area contributed by atoms with E-state index in [1.165, 1.54) is 12.8 Å². The van der Waals surface area contributed by atoms with Crippen LogP contribution in [0, 0.1) is 0 Å². The second kappa shape index (κ2) is 6.01. The van der Waals surface area contributed by atoms with E-state index in [4.69, 9.17) is 28.9 Å². The predicted octanol–water partition coefficient (Wildman–Crippen LogP) is 3.74. The van der Waals surface area contributed by atoms with E-state index in [-0.39, 0.29) is 11.6 Å². The molecule has 1 saturated heterocycles. The van der Waals surface area contributed by atoms with Gasteiger partial charge in [0.05, 0.1) is 10.0 Å². The molecule has 2 nitrogen and oxygen atoms in total. The van der Waals surface area contributed by atoms with Gasteiger partial charge in [0.15, 0.2) is 0 Å². The number of hydrogen-bond acceptors (Lipinski definition) is 2. The van der Waals surface area contributed by atoms with Crippen LogP contribution in [0.3, 0.4) is 0 Å². The maximum Gasteiger partial charge on any atom is 0.0595 e. The van der Waals surface area contributed by atoms with Gasteiger partial charge >= 0.3 is 0 Å². The maximum atomic E-state index is 6.43. The fourth-order valence-electron chi connectivity index (χ4n) is 2.70. The Morgan fingerprint density at radius 2 is 1.84 bits per heavy atom. The molecule has 1 aromatic rings. The van der Waals surface area contributed by atoms with Gasteiger partial charge in [-0.25, -0.2) is 0 Å². The third-order valence-electron chi connectivity index (χ3n) is 4.27. The molecular weight excluding hydrogens is 279 g/mol. The third-order valence-corrected chi connectivity index (χ3v) is 5.01. The molecule has 1 aromatic carbocycles. The number of rotatable bonds is 4. The molecule has 1 atom stereocenters. The number of halogens is 2. The van der Waals surface area contributed by atoms with E-state index in [1.54, 1.807) is 0 Å². The minimum atomic E-state index is 0.0165. The maximum absolute atomic E-state index is 6.43. The van der Waals surface area contributed by atoms with Crippen LogP contribution in [0.1, 0.15) is 32.3 Å². The van der Waals surface area contributed by atoms with Gasteiger partial charge in [-0.2, -0.15) is 0 Å². The van der Waals surface area contributed by atoms with E-state index in [0.717, 1.165) is 25.1 Å². The zero-order valence-corrected chi connectivity index (χ0v) is 13.1. The van der Waals surface area contributed by atoms with Crippen LogP contribution in [0.4, 0.5) is 0 Å². The van der Waals surface area contributed by atoms with Gasteiger partial charge in [0.2, 0.25) is 0 Å². The highest BCUT2D eigenvalue weighted by Crippen LogP contribution is 2.27.